The van der Waals surface area contributed by atoms with Crippen LogP contribution in [0.15, 0.2) is 0 Å². The van der Waals surface area contributed by atoms with E-state index < -0.39 is 0 Å². The molecule has 0 aromatic heterocycles. The standard InChI is InChI=1S/C16H32ClNO/c1-5-6-7-8-9-10-11-15(19)18-13-14(17)12-16(2,3)4/h14H,5-13H2,1-4H3,(H,18,19). The van der Waals surface area contributed by atoms with Crippen LogP contribution in [0.3, 0.4) is 0 Å². The van der Waals surface area contributed by atoms with Crippen molar-refractivity contribution in [2.75, 3.05) is 6.54 Å². The molecule has 0 bridgehead atoms. The maximum atomic E-state index is 11.6. The number of alkyl halides is 1. The Kier molecular flexibility index (Phi) is 10.4. The quantitative estimate of drug-likeness (QED) is 0.450. The van der Waals surface area contributed by atoms with E-state index in [0.717, 1.165) is 12.8 Å². The van der Waals surface area contributed by atoms with Crippen LogP contribution in [0, 0.1) is 5.41 Å². The molecule has 1 amide bonds. The summed E-state index contributed by atoms with van der Waals surface area (Å²) < 4.78 is 0. The van der Waals surface area contributed by atoms with E-state index in [9.17, 15) is 4.79 Å². The molecule has 0 radical (unpaired) electrons. The van der Waals surface area contributed by atoms with Crippen LogP contribution in [0.5, 0.6) is 0 Å². The molecule has 1 unspecified atom stereocenters. The fourth-order valence-electron chi connectivity index (χ4n) is 2.12. The molecule has 0 aliphatic rings. The maximum Gasteiger partial charge on any atom is 0.220 e. The van der Waals surface area contributed by atoms with E-state index in [0.29, 0.717) is 13.0 Å². The number of rotatable bonds is 10. The molecule has 0 fully saturated rings. The van der Waals surface area contributed by atoms with Gasteiger partial charge in [0.2, 0.25) is 5.91 Å². The lowest BCUT2D eigenvalue weighted by Crippen LogP contribution is -2.31. The Labute approximate surface area is 124 Å². The number of amides is 1. The lowest BCUT2D eigenvalue weighted by Gasteiger charge is -2.21. The molecule has 2 nitrogen and oxygen atoms in total. The summed E-state index contributed by atoms with van der Waals surface area (Å²) in [6.07, 6.45) is 8.87. The second kappa shape index (κ2) is 10.5. The number of unbranched alkanes of at least 4 members (excludes halogenated alkanes) is 5. The first kappa shape index (κ1) is 18.8. The van der Waals surface area contributed by atoms with Crippen molar-refractivity contribution in [2.24, 2.45) is 5.41 Å². The van der Waals surface area contributed by atoms with E-state index >= 15 is 0 Å². The molecule has 0 aromatic carbocycles. The third kappa shape index (κ3) is 14.0. The van der Waals surface area contributed by atoms with Crippen LogP contribution in [0.4, 0.5) is 0 Å². The summed E-state index contributed by atoms with van der Waals surface area (Å²) in [4.78, 5) is 11.6. The predicted octanol–water partition coefficient (Wildman–Crippen LogP) is 4.90. The largest absolute Gasteiger partial charge is 0.355 e. The molecule has 1 N–H and O–H groups in total. The normalized spacial score (nSPS) is 13.3. The molecule has 0 aromatic rings. The van der Waals surface area contributed by atoms with Gasteiger partial charge in [-0.15, -0.1) is 11.6 Å². The molecule has 0 aliphatic carbocycles. The van der Waals surface area contributed by atoms with Crippen molar-refractivity contribution in [2.45, 2.75) is 84.4 Å². The van der Waals surface area contributed by atoms with Crippen LogP contribution in [0.2, 0.25) is 0 Å². The van der Waals surface area contributed by atoms with Gasteiger partial charge in [-0.1, -0.05) is 59.8 Å². The van der Waals surface area contributed by atoms with Crippen molar-refractivity contribution in [3.63, 3.8) is 0 Å². The Morgan fingerprint density at radius 3 is 2.26 bits per heavy atom. The number of halogens is 1. The molecule has 114 valence electrons. The zero-order valence-electron chi connectivity index (χ0n) is 13.2. The molecular weight excluding hydrogens is 258 g/mol. The highest BCUT2D eigenvalue weighted by Crippen LogP contribution is 2.23. The van der Waals surface area contributed by atoms with Crippen molar-refractivity contribution in [1.29, 1.82) is 0 Å². The van der Waals surface area contributed by atoms with Crippen LogP contribution in [-0.4, -0.2) is 17.8 Å². The summed E-state index contributed by atoms with van der Waals surface area (Å²) in [6.45, 7) is 9.31. The van der Waals surface area contributed by atoms with Crippen LogP contribution in [0.25, 0.3) is 0 Å². The van der Waals surface area contributed by atoms with Gasteiger partial charge in [-0.3, -0.25) is 4.79 Å². The van der Waals surface area contributed by atoms with Gasteiger partial charge in [0.1, 0.15) is 0 Å². The van der Waals surface area contributed by atoms with E-state index in [1.54, 1.807) is 0 Å². The zero-order valence-corrected chi connectivity index (χ0v) is 14.0. The summed E-state index contributed by atoms with van der Waals surface area (Å²) in [7, 11) is 0. The van der Waals surface area contributed by atoms with Gasteiger partial charge in [0, 0.05) is 13.0 Å². The molecule has 1 atom stereocenters. The Hall–Kier alpha value is -0.240. The Morgan fingerprint density at radius 1 is 1.11 bits per heavy atom. The molecule has 0 heterocycles. The van der Waals surface area contributed by atoms with E-state index in [-0.39, 0.29) is 16.7 Å². The molecule has 19 heavy (non-hydrogen) atoms. The fourth-order valence-corrected chi connectivity index (χ4v) is 2.66. The van der Waals surface area contributed by atoms with Gasteiger partial charge >= 0.3 is 0 Å². The Bertz CT molecular complexity index is 235. The average molecular weight is 290 g/mol. The smallest absolute Gasteiger partial charge is 0.220 e. The maximum absolute atomic E-state index is 11.6. The molecule has 0 saturated carbocycles. The molecular formula is C16H32ClNO. The Balaban J connectivity index is 3.49. The molecule has 0 aliphatic heterocycles. The van der Waals surface area contributed by atoms with Crippen LogP contribution in [-0.2, 0) is 4.79 Å². The minimum Gasteiger partial charge on any atom is -0.355 e. The van der Waals surface area contributed by atoms with Crippen molar-refractivity contribution < 1.29 is 4.79 Å². The lowest BCUT2D eigenvalue weighted by atomic mass is 9.90. The van der Waals surface area contributed by atoms with Crippen molar-refractivity contribution in [3.8, 4) is 0 Å². The minimum atomic E-state index is 0.0357. The van der Waals surface area contributed by atoms with Gasteiger partial charge in [0.25, 0.3) is 0 Å². The third-order valence-electron chi connectivity index (χ3n) is 3.11. The summed E-state index contributed by atoms with van der Waals surface area (Å²) >= 11 is 6.21. The van der Waals surface area contributed by atoms with Gasteiger partial charge in [-0.05, 0) is 18.3 Å². The lowest BCUT2D eigenvalue weighted by molar-refractivity contribution is -0.121. The molecule has 0 spiro atoms. The SMILES string of the molecule is CCCCCCCCC(=O)NCC(Cl)CC(C)(C)C. The summed E-state index contributed by atoms with van der Waals surface area (Å²) in [5.41, 5.74) is 0.219. The van der Waals surface area contributed by atoms with Crippen LogP contribution < -0.4 is 5.32 Å². The number of carbonyl (C=O) groups excluding carboxylic acids is 1. The first-order chi connectivity index (χ1) is 8.85. The predicted molar refractivity (Wildman–Crippen MR) is 84.7 cm³/mol. The number of nitrogens with one attached hydrogen (secondary N) is 1. The van der Waals surface area contributed by atoms with E-state index in [1.165, 1.54) is 32.1 Å². The topological polar surface area (TPSA) is 29.1 Å². The second-order valence-electron chi connectivity index (χ2n) is 6.68. The van der Waals surface area contributed by atoms with Gasteiger partial charge < -0.3 is 5.32 Å². The highest BCUT2D eigenvalue weighted by molar-refractivity contribution is 6.20. The average Bonchev–Trinajstić information content (AvgIpc) is 2.29. The highest BCUT2D eigenvalue weighted by Gasteiger charge is 2.17. The van der Waals surface area contributed by atoms with Crippen molar-refractivity contribution in [1.82, 2.24) is 5.32 Å². The molecule has 0 rings (SSSR count). The van der Waals surface area contributed by atoms with Crippen LogP contribution >= 0.6 is 11.6 Å². The first-order valence-electron chi connectivity index (χ1n) is 7.76. The molecule has 0 saturated heterocycles. The van der Waals surface area contributed by atoms with Crippen molar-refractivity contribution >= 4 is 17.5 Å². The Morgan fingerprint density at radius 2 is 1.68 bits per heavy atom. The summed E-state index contributed by atoms with van der Waals surface area (Å²) in [5, 5.41) is 2.97. The monoisotopic (exact) mass is 289 g/mol. The first-order valence-corrected chi connectivity index (χ1v) is 8.19. The van der Waals surface area contributed by atoms with Gasteiger partial charge in [0.05, 0.1) is 5.38 Å². The van der Waals surface area contributed by atoms with Crippen LogP contribution in [0.1, 0.15) is 79.1 Å². The number of carbonyl (C=O) groups is 1. The van der Waals surface area contributed by atoms with E-state index in [4.69, 9.17) is 11.6 Å². The third-order valence-corrected chi connectivity index (χ3v) is 3.42. The number of hydrogen-bond acceptors (Lipinski definition) is 1. The van der Waals surface area contributed by atoms with Gasteiger partial charge in [-0.25, -0.2) is 0 Å². The summed E-state index contributed by atoms with van der Waals surface area (Å²) in [6, 6.07) is 0. The minimum absolute atomic E-state index is 0.0357. The second-order valence-corrected chi connectivity index (χ2v) is 7.30. The van der Waals surface area contributed by atoms with Crippen molar-refractivity contribution in [3.05, 3.63) is 0 Å². The molecule has 3 heteroatoms. The van der Waals surface area contributed by atoms with E-state index in [2.05, 4.69) is 33.0 Å². The zero-order chi connectivity index (χ0) is 14.7. The summed E-state index contributed by atoms with van der Waals surface area (Å²) in [5.74, 6) is 0.148. The highest BCUT2D eigenvalue weighted by atomic mass is 35.5. The van der Waals surface area contributed by atoms with Gasteiger partial charge in [0.15, 0.2) is 0 Å². The van der Waals surface area contributed by atoms with E-state index in [1.807, 2.05) is 0 Å². The van der Waals surface area contributed by atoms with Gasteiger partial charge in [-0.2, -0.15) is 0 Å². The number of hydrogen-bond donors (Lipinski definition) is 1. The fraction of sp³-hybridized carbons (Fsp3) is 0.938.